The van der Waals surface area contributed by atoms with E-state index in [-0.39, 0.29) is 18.4 Å². The Morgan fingerprint density at radius 1 is 0.871 bits per heavy atom. The monoisotopic (exact) mass is 447 g/mol. The van der Waals surface area contributed by atoms with E-state index in [9.17, 15) is 9.59 Å². The standard InChI is InChI=1S/C26H22ClNO2S/c1-17-12-13-21(18(2)14-17)23-24(31-16-19-8-4-3-5-9-19)26(30)28(25(23)29)15-20-10-6-7-11-22(20)27/h3-14H,15-16H2,1-2H3. The maximum Gasteiger partial charge on any atom is 0.268 e. The second kappa shape index (κ2) is 9.13. The molecule has 0 bridgehead atoms. The van der Waals surface area contributed by atoms with E-state index in [1.807, 2.05) is 80.6 Å². The van der Waals surface area contributed by atoms with Crippen LogP contribution in [0.1, 0.15) is 27.8 Å². The van der Waals surface area contributed by atoms with Gasteiger partial charge in [-0.15, -0.1) is 11.8 Å². The van der Waals surface area contributed by atoms with Crippen LogP contribution >= 0.6 is 23.4 Å². The van der Waals surface area contributed by atoms with Crippen molar-refractivity contribution >= 4 is 40.8 Å². The highest BCUT2D eigenvalue weighted by molar-refractivity contribution is 8.03. The van der Waals surface area contributed by atoms with Crippen molar-refractivity contribution in [3.63, 3.8) is 0 Å². The Balaban J connectivity index is 1.72. The van der Waals surface area contributed by atoms with Crippen molar-refractivity contribution in [1.82, 2.24) is 4.90 Å². The van der Waals surface area contributed by atoms with Gasteiger partial charge in [0.05, 0.1) is 17.0 Å². The van der Waals surface area contributed by atoms with E-state index in [4.69, 9.17) is 11.6 Å². The fourth-order valence-corrected chi connectivity index (χ4v) is 4.96. The van der Waals surface area contributed by atoms with Crippen LogP contribution in [0.3, 0.4) is 0 Å². The lowest BCUT2D eigenvalue weighted by Gasteiger charge is -2.16. The van der Waals surface area contributed by atoms with Crippen molar-refractivity contribution in [3.05, 3.63) is 111 Å². The van der Waals surface area contributed by atoms with E-state index in [2.05, 4.69) is 0 Å². The normalized spacial score (nSPS) is 14.0. The number of aryl methyl sites for hydroxylation is 2. The van der Waals surface area contributed by atoms with Crippen LogP contribution in [-0.2, 0) is 21.9 Å². The van der Waals surface area contributed by atoms with Gasteiger partial charge < -0.3 is 0 Å². The molecular formula is C26H22ClNO2S. The molecule has 5 heteroatoms. The zero-order valence-corrected chi connectivity index (χ0v) is 19.0. The average molecular weight is 448 g/mol. The molecule has 0 N–H and O–H groups in total. The van der Waals surface area contributed by atoms with Gasteiger partial charge in [0, 0.05) is 10.8 Å². The number of carbonyl (C=O) groups excluding carboxylic acids is 2. The predicted octanol–water partition coefficient (Wildman–Crippen LogP) is 6.17. The van der Waals surface area contributed by atoms with Crippen LogP contribution in [0, 0.1) is 13.8 Å². The van der Waals surface area contributed by atoms with Gasteiger partial charge >= 0.3 is 0 Å². The molecule has 3 nitrogen and oxygen atoms in total. The Morgan fingerprint density at radius 3 is 2.29 bits per heavy atom. The van der Waals surface area contributed by atoms with E-state index in [1.54, 1.807) is 6.07 Å². The Hall–Kier alpha value is -2.82. The van der Waals surface area contributed by atoms with Crippen LogP contribution in [-0.4, -0.2) is 16.7 Å². The number of carbonyl (C=O) groups is 2. The maximum absolute atomic E-state index is 13.5. The smallest absolute Gasteiger partial charge is 0.268 e. The number of imide groups is 1. The number of halogens is 1. The molecular weight excluding hydrogens is 426 g/mol. The summed E-state index contributed by atoms with van der Waals surface area (Å²) in [4.78, 5) is 28.7. The molecule has 3 aromatic carbocycles. The van der Waals surface area contributed by atoms with Crippen LogP contribution in [0.25, 0.3) is 5.57 Å². The highest BCUT2D eigenvalue weighted by atomic mass is 35.5. The first-order chi connectivity index (χ1) is 15.0. The summed E-state index contributed by atoms with van der Waals surface area (Å²) in [6.45, 7) is 4.14. The van der Waals surface area contributed by atoms with E-state index < -0.39 is 0 Å². The van der Waals surface area contributed by atoms with Crippen molar-refractivity contribution in [2.45, 2.75) is 26.1 Å². The minimum atomic E-state index is -0.271. The summed E-state index contributed by atoms with van der Waals surface area (Å²) in [7, 11) is 0. The van der Waals surface area contributed by atoms with Gasteiger partial charge in [0.1, 0.15) is 0 Å². The molecule has 0 aliphatic carbocycles. The molecule has 0 aromatic heterocycles. The molecule has 156 valence electrons. The minimum Gasteiger partial charge on any atom is -0.269 e. The van der Waals surface area contributed by atoms with Gasteiger partial charge in [0.25, 0.3) is 11.8 Å². The maximum atomic E-state index is 13.5. The van der Waals surface area contributed by atoms with Gasteiger partial charge in [-0.25, -0.2) is 0 Å². The minimum absolute atomic E-state index is 0.154. The zero-order valence-electron chi connectivity index (χ0n) is 17.4. The number of amides is 2. The molecule has 1 aliphatic heterocycles. The first-order valence-corrected chi connectivity index (χ1v) is 11.4. The summed E-state index contributed by atoms with van der Waals surface area (Å²) in [6, 6.07) is 23.2. The largest absolute Gasteiger partial charge is 0.269 e. The SMILES string of the molecule is Cc1ccc(C2=C(SCc3ccccc3)C(=O)N(Cc3ccccc3Cl)C2=O)c(C)c1. The van der Waals surface area contributed by atoms with E-state index in [0.717, 1.165) is 27.8 Å². The molecule has 0 saturated heterocycles. The summed E-state index contributed by atoms with van der Waals surface area (Å²) < 4.78 is 0. The molecule has 0 fully saturated rings. The van der Waals surface area contributed by atoms with Gasteiger partial charge in [-0.3, -0.25) is 14.5 Å². The summed E-state index contributed by atoms with van der Waals surface area (Å²) in [6.07, 6.45) is 0. The molecule has 3 aromatic rings. The molecule has 0 atom stereocenters. The van der Waals surface area contributed by atoms with Gasteiger partial charge in [-0.2, -0.15) is 0 Å². The summed E-state index contributed by atoms with van der Waals surface area (Å²) in [5.74, 6) is 0.0806. The Morgan fingerprint density at radius 2 is 1.58 bits per heavy atom. The lowest BCUT2D eigenvalue weighted by Crippen LogP contribution is -2.31. The number of thioether (sulfide) groups is 1. The van der Waals surface area contributed by atoms with Crippen LogP contribution in [0.5, 0.6) is 0 Å². The molecule has 0 radical (unpaired) electrons. The van der Waals surface area contributed by atoms with E-state index >= 15 is 0 Å². The first kappa shape index (κ1) is 21.4. The average Bonchev–Trinajstić information content (AvgIpc) is 2.99. The van der Waals surface area contributed by atoms with E-state index in [1.165, 1.54) is 16.7 Å². The fourth-order valence-electron chi connectivity index (χ4n) is 3.69. The van der Waals surface area contributed by atoms with Crippen molar-refractivity contribution in [2.75, 3.05) is 0 Å². The summed E-state index contributed by atoms with van der Waals surface area (Å²) in [5, 5.41) is 0.543. The topological polar surface area (TPSA) is 37.4 Å². The van der Waals surface area contributed by atoms with E-state index in [0.29, 0.717) is 21.3 Å². The summed E-state index contributed by atoms with van der Waals surface area (Å²) in [5.41, 5.74) is 5.24. The number of hydrogen-bond acceptors (Lipinski definition) is 3. The predicted molar refractivity (Wildman–Crippen MR) is 128 cm³/mol. The molecule has 2 amide bonds. The lowest BCUT2D eigenvalue weighted by molar-refractivity contribution is -0.137. The molecule has 0 unspecified atom stereocenters. The van der Waals surface area contributed by atoms with Gasteiger partial charge in [0.15, 0.2) is 0 Å². The van der Waals surface area contributed by atoms with Crippen LogP contribution in [0.4, 0.5) is 0 Å². The second-order valence-corrected chi connectivity index (χ2v) is 8.98. The number of nitrogens with zero attached hydrogens (tertiary/aromatic N) is 1. The third-order valence-electron chi connectivity index (χ3n) is 5.29. The third kappa shape index (κ3) is 4.46. The number of rotatable bonds is 6. The summed E-state index contributed by atoms with van der Waals surface area (Å²) >= 11 is 7.72. The Kier molecular flexibility index (Phi) is 6.30. The Labute approximate surface area is 191 Å². The zero-order chi connectivity index (χ0) is 22.0. The van der Waals surface area contributed by atoms with Crippen LogP contribution < -0.4 is 0 Å². The van der Waals surface area contributed by atoms with Crippen molar-refractivity contribution < 1.29 is 9.59 Å². The molecule has 31 heavy (non-hydrogen) atoms. The lowest BCUT2D eigenvalue weighted by atomic mass is 9.99. The van der Waals surface area contributed by atoms with Crippen LogP contribution in [0.2, 0.25) is 5.02 Å². The molecule has 0 spiro atoms. The van der Waals surface area contributed by atoms with Crippen molar-refractivity contribution in [3.8, 4) is 0 Å². The van der Waals surface area contributed by atoms with Gasteiger partial charge in [-0.1, -0.05) is 83.9 Å². The highest BCUT2D eigenvalue weighted by Crippen LogP contribution is 2.39. The van der Waals surface area contributed by atoms with Gasteiger partial charge in [-0.05, 0) is 42.2 Å². The molecule has 1 aliphatic rings. The fraction of sp³-hybridized carbons (Fsp3) is 0.154. The van der Waals surface area contributed by atoms with Crippen molar-refractivity contribution in [1.29, 1.82) is 0 Å². The Bertz CT molecular complexity index is 1190. The molecule has 0 saturated carbocycles. The van der Waals surface area contributed by atoms with Gasteiger partial charge in [0.2, 0.25) is 0 Å². The number of benzene rings is 3. The highest BCUT2D eigenvalue weighted by Gasteiger charge is 2.39. The first-order valence-electron chi connectivity index (χ1n) is 10.0. The quantitative estimate of drug-likeness (QED) is 0.424. The molecule has 4 rings (SSSR count). The van der Waals surface area contributed by atoms with Crippen LogP contribution in [0.15, 0.2) is 77.7 Å². The van der Waals surface area contributed by atoms with Crippen molar-refractivity contribution in [2.24, 2.45) is 0 Å². The third-order valence-corrected chi connectivity index (χ3v) is 6.80. The molecule has 1 heterocycles. The number of hydrogen-bond donors (Lipinski definition) is 0. The second-order valence-electron chi connectivity index (χ2n) is 7.58.